The van der Waals surface area contributed by atoms with Crippen LogP contribution in [0.25, 0.3) is 0 Å². The molecule has 2 aromatic rings. The van der Waals surface area contributed by atoms with Crippen molar-refractivity contribution < 1.29 is 28.2 Å². The van der Waals surface area contributed by atoms with Gasteiger partial charge in [-0.15, -0.1) is 0 Å². The zero-order valence-corrected chi connectivity index (χ0v) is 13.3. The number of benzene rings is 1. The first kappa shape index (κ1) is 17.5. The van der Waals surface area contributed by atoms with E-state index in [2.05, 4.69) is 5.32 Å². The molecule has 0 spiro atoms. The van der Waals surface area contributed by atoms with Crippen LogP contribution in [0.1, 0.15) is 28.6 Å². The van der Waals surface area contributed by atoms with Crippen molar-refractivity contribution in [1.82, 2.24) is 5.32 Å². The summed E-state index contributed by atoms with van der Waals surface area (Å²) in [5, 5.41) is 11.5. The number of carbonyl (C=O) groups excluding carboxylic acids is 1. The van der Waals surface area contributed by atoms with Gasteiger partial charge in [0.2, 0.25) is 0 Å². The molecule has 0 aliphatic rings. The molecule has 1 aromatic heterocycles. The first-order valence-electron chi connectivity index (χ1n) is 7.36. The molecular weight excluding hydrogens is 317 g/mol. The molecular formula is C17H18FNO5. The van der Waals surface area contributed by atoms with Crippen molar-refractivity contribution in [3.05, 3.63) is 53.2 Å². The van der Waals surface area contributed by atoms with Crippen LogP contribution in [0.5, 0.6) is 5.75 Å². The fraction of sp³-hybridized carbons (Fsp3) is 0.294. The summed E-state index contributed by atoms with van der Waals surface area (Å²) in [5.41, 5.74) is 0.752. The summed E-state index contributed by atoms with van der Waals surface area (Å²) in [7, 11) is 0. The number of carboxylic acid groups (broad SMARTS) is 1. The molecule has 0 aliphatic carbocycles. The minimum atomic E-state index is -1.09. The molecule has 1 amide bonds. The highest BCUT2D eigenvalue weighted by Crippen LogP contribution is 2.18. The third-order valence-corrected chi connectivity index (χ3v) is 3.30. The maximum absolute atomic E-state index is 13.5. The molecule has 1 heterocycles. The molecule has 7 heteroatoms. The summed E-state index contributed by atoms with van der Waals surface area (Å²) in [5.74, 6) is -1.83. The summed E-state index contributed by atoms with van der Waals surface area (Å²) in [6.45, 7) is 3.47. The molecule has 0 saturated carbocycles. The number of aliphatic carboxylic acids is 1. The lowest BCUT2D eigenvalue weighted by Crippen LogP contribution is -2.34. The summed E-state index contributed by atoms with van der Waals surface area (Å²) in [6, 6.07) is 5.99. The second kappa shape index (κ2) is 7.63. The van der Waals surface area contributed by atoms with Gasteiger partial charge in [-0.3, -0.25) is 9.59 Å². The average molecular weight is 335 g/mol. The number of rotatable bonds is 7. The monoisotopic (exact) mass is 335 g/mol. The zero-order chi connectivity index (χ0) is 17.7. The van der Waals surface area contributed by atoms with Gasteiger partial charge in [-0.1, -0.05) is 12.1 Å². The number of hydrogen-bond donors (Lipinski definition) is 2. The first-order chi connectivity index (χ1) is 11.4. The van der Waals surface area contributed by atoms with Gasteiger partial charge in [-0.25, -0.2) is 4.39 Å². The van der Waals surface area contributed by atoms with Crippen molar-refractivity contribution in [3.8, 4) is 5.75 Å². The van der Waals surface area contributed by atoms with Gasteiger partial charge in [0.05, 0.1) is 18.4 Å². The number of nitrogens with one attached hydrogen (secondary N) is 1. The minimum absolute atomic E-state index is 0.0974. The molecule has 128 valence electrons. The topological polar surface area (TPSA) is 88.8 Å². The Labute approximate surface area is 138 Å². The maximum atomic E-state index is 13.5. The fourth-order valence-corrected chi connectivity index (χ4v) is 2.19. The lowest BCUT2D eigenvalue weighted by Gasteiger charge is -2.16. The van der Waals surface area contributed by atoms with E-state index in [9.17, 15) is 14.0 Å². The van der Waals surface area contributed by atoms with Crippen LogP contribution in [0, 0.1) is 12.7 Å². The van der Waals surface area contributed by atoms with Crippen LogP contribution in [0.4, 0.5) is 4.39 Å². The number of aryl methyl sites for hydroxylation is 1. The molecule has 24 heavy (non-hydrogen) atoms. The lowest BCUT2D eigenvalue weighted by molar-refractivity contribution is -0.136. The van der Waals surface area contributed by atoms with E-state index in [4.69, 9.17) is 14.3 Å². The van der Waals surface area contributed by atoms with Crippen molar-refractivity contribution >= 4 is 11.9 Å². The highest BCUT2D eigenvalue weighted by Gasteiger charge is 2.21. The quantitative estimate of drug-likeness (QED) is 0.812. The molecule has 0 saturated heterocycles. The smallest absolute Gasteiger partial charge is 0.311 e. The van der Waals surface area contributed by atoms with E-state index in [1.165, 1.54) is 18.4 Å². The summed E-state index contributed by atoms with van der Waals surface area (Å²) in [4.78, 5) is 23.1. The van der Waals surface area contributed by atoms with Gasteiger partial charge in [-0.2, -0.15) is 0 Å². The van der Waals surface area contributed by atoms with Crippen LogP contribution in [-0.2, 0) is 11.2 Å². The van der Waals surface area contributed by atoms with Crippen molar-refractivity contribution in [2.45, 2.75) is 26.4 Å². The molecule has 6 nitrogen and oxygen atoms in total. The molecule has 1 unspecified atom stereocenters. The predicted molar refractivity (Wildman–Crippen MR) is 83.6 cm³/mol. The van der Waals surface area contributed by atoms with Gasteiger partial charge in [0.15, 0.2) is 11.6 Å². The van der Waals surface area contributed by atoms with Crippen molar-refractivity contribution in [1.29, 1.82) is 0 Å². The SMILES string of the molecule is Cc1coc(CC(=O)O)c1C(=O)NCC(C)Oc1ccccc1F. The summed E-state index contributed by atoms with van der Waals surface area (Å²) >= 11 is 0. The molecule has 1 aromatic carbocycles. The number of carbonyl (C=O) groups is 2. The third kappa shape index (κ3) is 4.34. The van der Waals surface area contributed by atoms with Crippen LogP contribution in [0.2, 0.25) is 0 Å². The number of para-hydroxylation sites is 1. The number of halogens is 1. The number of ether oxygens (including phenoxy) is 1. The minimum Gasteiger partial charge on any atom is -0.486 e. The second-order valence-corrected chi connectivity index (χ2v) is 5.36. The van der Waals surface area contributed by atoms with Crippen molar-refractivity contribution in [2.75, 3.05) is 6.54 Å². The van der Waals surface area contributed by atoms with E-state index in [0.717, 1.165) is 0 Å². The van der Waals surface area contributed by atoms with Gasteiger partial charge in [-0.05, 0) is 26.0 Å². The van der Waals surface area contributed by atoms with Crippen LogP contribution < -0.4 is 10.1 Å². The van der Waals surface area contributed by atoms with Crippen LogP contribution in [0.15, 0.2) is 34.9 Å². The molecule has 2 N–H and O–H groups in total. The Morgan fingerprint density at radius 2 is 2.08 bits per heavy atom. The van der Waals surface area contributed by atoms with Gasteiger partial charge >= 0.3 is 5.97 Å². The highest BCUT2D eigenvalue weighted by molar-refractivity contribution is 5.97. The van der Waals surface area contributed by atoms with Gasteiger partial charge in [0.25, 0.3) is 5.91 Å². The van der Waals surface area contributed by atoms with Crippen LogP contribution in [-0.4, -0.2) is 29.6 Å². The molecule has 1 atom stereocenters. The maximum Gasteiger partial charge on any atom is 0.311 e. The average Bonchev–Trinajstić information content (AvgIpc) is 2.87. The fourth-order valence-electron chi connectivity index (χ4n) is 2.19. The number of furan rings is 1. The van der Waals surface area contributed by atoms with E-state index in [-0.39, 0.29) is 30.0 Å². The Balaban J connectivity index is 1.97. The number of carboxylic acids is 1. The molecule has 0 radical (unpaired) electrons. The summed E-state index contributed by atoms with van der Waals surface area (Å²) in [6.07, 6.45) is 0.491. The Kier molecular flexibility index (Phi) is 5.57. The van der Waals surface area contributed by atoms with E-state index < -0.39 is 23.8 Å². The van der Waals surface area contributed by atoms with E-state index in [1.54, 1.807) is 26.0 Å². The molecule has 0 bridgehead atoms. The third-order valence-electron chi connectivity index (χ3n) is 3.30. The van der Waals surface area contributed by atoms with E-state index >= 15 is 0 Å². The largest absolute Gasteiger partial charge is 0.486 e. The molecule has 0 fully saturated rings. The Bertz CT molecular complexity index is 740. The normalized spacial score (nSPS) is 11.8. The lowest BCUT2D eigenvalue weighted by atomic mass is 10.1. The van der Waals surface area contributed by atoms with E-state index in [0.29, 0.717) is 5.56 Å². The predicted octanol–water partition coefficient (Wildman–Crippen LogP) is 2.55. The Morgan fingerprint density at radius 3 is 2.75 bits per heavy atom. The first-order valence-corrected chi connectivity index (χ1v) is 7.36. The highest BCUT2D eigenvalue weighted by atomic mass is 19.1. The van der Waals surface area contributed by atoms with Crippen molar-refractivity contribution in [3.63, 3.8) is 0 Å². The summed E-state index contributed by atoms with van der Waals surface area (Å²) < 4.78 is 24.1. The van der Waals surface area contributed by atoms with E-state index in [1.807, 2.05) is 0 Å². The zero-order valence-electron chi connectivity index (χ0n) is 13.3. The van der Waals surface area contributed by atoms with Crippen LogP contribution >= 0.6 is 0 Å². The standard InChI is InChI=1S/C17H18FNO5/c1-10-9-23-14(7-15(20)21)16(10)17(22)19-8-11(2)24-13-6-4-3-5-12(13)18/h3-6,9,11H,7-8H2,1-2H3,(H,19,22)(H,20,21). The second-order valence-electron chi connectivity index (χ2n) is 5.36. The van der Waals surface area contributed by atoms with Gasteiger partial charge < -0.3 is 19.6 Å². The molecule has 0 aliphatic heterocycles. The molecule has 2 rings (SSSR count). The van der Waals surface area contributed by atoms with Crippen molar-refractivity contribution in [2.24, 2.45) is 0 Å². The number of hydrogen-bond acceptors (Lipinski definition) is 4. The Morgan fingerprint density at radius 1 is 1.38 bits per heavy atom. The van der Waals surface area contributed by atoms with Gasteiger partial charge in [0, 0.05) is 5.56 Å². The number of amides is 1. The van der Waals surface area contributed by atoms with Crippen LogP contribution in [0.3, 0.4) is 0 Å². The Hall–Kier alpha value is -2.83. The van der Waals surface area contributed by atoms with Gasteiger partial charge in [0.1, 0.15) is 18.3 Å².